The van der Waals surface area contributed by atoms with Crippen molar-refractivity contribution in [2.45, 2.75) is 0 Å². The number of nitrogen functional groups attached to an aromatic ring is 1. The van der Waals surface area contributed by atoms with E-state index in [0.29, 0.717) is 0 Å². The lowest BCUT2D eigenvalue weighted by molar-refractivity contribution is 1.37. The number of hydrogen-bond acceptors (Lipinski definition) is 2. The number of hydrazine groups is 1. The molecule has 0 aliphatic rings. The van der Waals surface area contributed by atoms with E-state index >= 15 is 0 Å². The minimum Gasteiger partial charge on any atom is -0.324 e. The van der Waals surface area contributed by atoms with Crippen molar-refractivity contribution in [1.29, 1.82) is 0 Å². The average molecular weight is 237 g/mol. The summed E-state index contributed by atoms with van der Waals surface area (Å²) in [5.41, 5.74) is 3.62. The van der Waals surface area contributed by atoms with Crippen LogP contribution in [0.1, 0.15) is 0 Å². The van der Waals surface area contributed by atoms with Crippen molar-refractivity contribution in [3.8, 4) is 0 Å². The van der Waals surface area contributed by atoms with Crippen molar-refractivity contribution in [2.24, 2.45) is 5.84 Å². The molecule has 0 aliphatic heterocycles. The predicted molar refractivity (Wildman–Crippen MR) is 59.5 cm³/mol. The molecular formula is C10H9BrN2. The lowest BCUT2D eigenvalue weighted by Crippen LogP contribution is -2.06. The van der Waals surface area contributed by atoms with Crippen LogP contribution in [0.3, 0.4) is 0 Å². The molecule has 3 N–H and O–H groups in total. The van der Waals surface area contributed by atoms with Crippen LogP contribution in [0.2, 0.25) is 0 Å². The quantitative estimate of drug-likeness (QED) is 0.591. The number of halogens is 1. The van der Waals surface area contributed by atoms with Gasteiger partial charge in [0, 0.05) is 9.86 Å². The number of anilines is 1. The van der Waals surface area contributed by atoms with Crippen LogP contribution in [0, 0.1) is 0 Å². The highest BCUT2D eigenvalue weighted by atomic mass is 79.9. The highest BCUT2D eigenvalue weighted by molar-refractivity contribution is 9.10. The fraction of sp³-hybridized carbons (Fsp3) is 0. The van der Waals surface area contributed by atoms with E-state index in [-0.39, 0.29) is 0 Å². The molecule has 0 aliphatic carbocycles. The third kappa shape index (κ3) is 1.41. The zero-order valence-electron chi connectivity index (χ0n) is 6.92. The van der Waals surface area contributed by atoms with Crippen molar-refractivity contribution < 1.29 is 0 Å². The molecule has 2 aromatic carbocycles. The van der Waals surface area contributed by atoms with Crippen molar-refractivity contribution in [1.82, 2.24) is 0 Å². The Morgan fingerprint density at radius 3 is 2.46 bits per heavy atom. The Kier molecular flexibility index (Phi) is 2.20. The maximum atomic E-state index is 5.40. The molecule has 0 saturated heterocycles. The summed E-state index contributed by atoms with van der Waals surface area (Å²) in [7, 11) is 0. The fourth-order valence-electron chi connectivity index (χ4n) is 1.40. The Balaban J connectivity index is 2.84. The molecule has 2 aromatic rings. The first kappa shape index (κ1) is 8.53. The van der Waals surface area contributed by atoms with Crippen LogP contribution in [0.25, 0.3) is 10.8 Å². The molecule has 0 saturated carbocycles. The summed E-state index contributed by atoms with van der Waals surface area (Å²) in [5, 5.41) is 2.29. The standard InChI is InChI=1S/C10H9BrN2/c11-9-5-1-4-8-7(9)3-2-6-10(8)13-12/h1-6,13H,12H2. The summed E-state index contributed by atoms with van der Waals surface area (Å²) in [6.45, 7) is 0. The number of fused-ring (bicyclic) bond motifs is 1. The van der Waals surface area contributed by atoms with Gasteiger partial charge in [-0.3, -0.25) is 5.84 Å². The number of benzene rings is 2. The molecule has 0 radical (unpaired) electrons. The zero-order valence-corrected chi connectivity index (χ0v) is 8.51. The van der Waals surface area contributed by atoms with Crippen LogP contribution in [0.5, 0.6) is 0 Å². The lowest BCUT2D eigenvalue weighted by Gasteiger charge is -2.05. The first-order chi connectivity index (χ1) is 6.33. The molecule has 3 heteroatoms. The lowest BCUT2D eigenvalue weighted by atomic mass is 10.1. The van der Waals surface area contributed by atoms with Crippen LogP contribution < -0.4 is 11.3 Å². The minimum atomic E-state index is 0.943. The Labute approximate surface area is 84.8 Å². The SMILES string of the molecule is NNc1cccc2c(Br)cccc12. The highest BCUT2D eigenvalue weighted by Gasteiger charge is 2.00. The van der Waals surface area contributed by atoms with Crippen LogP contribution >= 0.6 is 15.9 Å². The van der Waals surface area contributed by atoms with Gasteiger partial charge in [-0.25, -0.2) is 0 Å². The Morgan fingerprint density at radius 1 is 1.00 bits per heavy atom. The molecule has 0 spiro atoms. The Hall–Kier alpha value is -1.06. The van der Waals surface area contributed by atoms with E-state index in [1.54, 1.807) is 0 Å². The summed E-state index contributed by atoms with van der Waals surface area (Å²) in [6, 6.07) is 12.0. The molecule has 0 unspecified atom stereocenters. The van der Waals surface area contributed by atoms with Gasteiger partial charge in [-0.1, -0.05) is 40.2 Å². The van der Waals surface area contributed by atoms with Gasteiger partial charge in [-0.05, 0) is 17.5 Å². The smallest absolute Gasteiger partial charge is 0.0563 e. The van der Waals surface area contributed by atoms with E-state index in [4.69, 9.17) is 5.84 Å². The van der Waals surface area contributed by atoms with Crippen molar-refractivity contribution >= 4 is 32.4 Å². The molecule has 0 bridgehead atoms. The largest absolute Gasteiger partial charge is 0.324 e. The molecule has 0 aromatic heterocycles. The molecule has 0 heterocycles. The molecular weight excluding hydrogens is 228 g/mol. The zero-order chi connectivity index (χ0) is 9.26. The normalized spacial score (nSPS) is 10.3. The van der Waals surface area contributed by atoms with E-state index in [2.05, 4.69) is 27.4 Å². The third-order valence-electron chi connectivity index (χ3n) is 2.02. The van der Waals surface area contributed by atoms with Gasteiger partial charge in [0.2, 0.25) is 0 Å². The van der Waals surface area contributed by atoms with E-state index in [0.717, 1.165) is 20.9 Å². The maximum Gasteiger partial charge on any atom is 0.0563 e. The van der Waals surface area contributed by atoms with Gasteiger partial charge in [0.25, 0.3) is 0 Å². The molecule has 2 rings (SSSR count). The molecule has 0 fully saturated rings. The summed E-state index contributed by atoms with van der Waals surface area (Å²) in [5.74, 6) is 5.40. The van der Waals surface area contributed by atoms with Crippen molar-refractivity contribution in [3.63, 3.8) is 0 Å². The molecule has 0 amide bonds. The van der Waals surface area contributed by atoms with Gasteiger partial charge >= 0.3 is 0 Å². The first-order valence-corrected chi connectivity index (χ1v) is 4.76. The van der Waals surface area contributed by atoms with Crippen LogP contribution in [-0.4, -0.2) is 0 Å². The summed E-state index contributed by atoms with van der Waals surface area (Å²) >= 11 is 3.49. The molecule has 66 valence electrons. The van der Waals surface area contributed by atoms with Gasteiger partial charge in [0.15, 0.2) is 0 Å². The Bertz CT molecular complexity index is 440. The fourth-order valence-corrected chi connectivity index (χ4v) is 1.90. The number of rotatable bonds is 1. The average Bonchev–Trinajstić information content (AvgIpc) is 2.18. The second-order valence-electron chi connectivity index (χ2n) is 2.78. The predicted octanol–water partition coefficient (Wildman–Crippen LogP) is 2.89. The number of hydrogen-bond donors (Lipinski definition) is 2. The summed E-state index contributed by atoms with van der Waals surface area (Å²) in [6.07, 6.45) is 0. The summed E-state index contributed by atoms with van der Waals surface area (Å²) < 4.78 is 1.09. The van der Waals surface area contributed by atoms with Crippen LogP contribution in [0.4, 0.5) is 5.69 Å². The molecule has 0 atom stereocenters. The van der Waals surface area contributed by atoms with Crippen LogP contribution in [-0.2, 0) is 0 Å². The van der Waals surface area contributed by atoms with Gasteiger partial charge in [-0.15, -0.1) is 0 Å². The first-order valence-electron chi connectivity index (χ1n) is 3.97. The minimum absolute atomic E-state index is 0.943. The monoisotopic (exact) mass is 236 g/mol. The third-order valence-corrected chi connectivity index (χ3v) is 2.72. The highest BCUT2D eigenvalue weighted by Crippen LogP contribution is 2.28. The van der Waals surface area contributed by atoms with Gasteiger partial charge in [0.05, 0.1) is 5.69 Å². The molecule has 2 nitrogen and oxygen atoms in total. The van der Waals surface area contributed by atoms with Crippen molar-refractivity contribution in [3.05, 3.63) is 40.9 Å². The van der Waals surface area contributed by atoms with E-state index in [1.807, 2.05) is 30.3 Å². The van der Waals surface area contributed by atoms with E-state index in [9.17, 15) is 0 Å². The van der Waals surface area contributed by atoms with E-state index in [1.165, 1.54) is 0 Å². The van der Waals surface area contributed by atoms with Crippen LogP contribution in [0.15, 0.2) is 40.9 Å². The Morgan fingerprint density at radius 2 is 1.69 bits per heavy atom. The van der Waals surface area contributed by atoms with E-state index < -0.39 is 0 Å². The maximum absolute atomic E-state index is 5.40. The number of nitrogens with two attached hydrogens (primary N) is 1. The second-order valence-corrected chi connectivity index (χ2v) is 3.64. The van der Waals surface area contributed by atoms with Crippen molar-refractivity contribution in [2.75, 3.05) is 5.43 Å². The second kappa shape index (κ2) is 3.36. The van der Waals surface area contributed by atoms with Gasteiger partial charge in [0.1, 0.15) is 0 Å². The van der Waals surface area contributed by atoms with Gasteiger partial charge in [-0.2, -0.15) is 0 Å². The number of nitrogens with one attached hydrogen (secondary N) is 1. The summed E-state index contributed by atoms with van der Waals surface area (Å²) in [4.78, 5) is 0. The molecule has 13 heavy (non-hydrogen) atoms. The van der Waals surface area contributed by atoms with Gasteiger partial charge < -0.3 is 5.43 Å². The topological polar surface area (TPSA) is 38.0 Å².